The van der Waals surface area contributed by atoms with Crippen LogP contribution >= 0.6 is 0 Å². The molecule has 0 amide bonds. The summed E-state index contributed by atoms with van der Waals surface area (Å²) in [6.45, 7) is 14.4. The summed E-state index contributed by atoms with van der Waals surface area (Å²) < 4.78 is 2.08. The van der Waals surface area contributed by atoms with E-state index in [1.165, 1.54) is 5.69 Å². The van der Waals surface area contributed by atoms with Crippen LogP contribution < -0.4 is 5.73 Å². The van der Waals surface area contributed by atoms with Crippen molar-refractivity contribution < 1.29 is 0 Å². The van der Waals surface area contributed by atoms with Crippen molar-refractivity contribution in [1.82, 2.24) is 9.78 Å². The van der Waals surface area contributed by atoms with Crippen LogP contribution in [0.2, 0.25) is 0 Å². The van der Waals surface area contributed by atoms with Gasteiger partial charge in [0.1, 0.15) is 0 Å². The minimum absolute atomic E-state index is 0.233. The molecule has 0 saturated heterocycles. The molecular weight excluding hydrogens is 222 g/mol. The molecule has 0 spiro atoms. The van der Waals surface area contributed by atoms with Gasteiger partial charge in [0.05, 0.1) is 5.69 Å². The summed E-state index contributed by atoms with van der Waals surface area (Å²) in [5.41, 5.74) is 9.54. The molecule has 18 heavy (non-hydrogen) atoms. The monoisotopic (exact) mass is 249 g/mol. The Labute approximate surface area is 111 Å². The van der Waals surface area contributed by atoms with E-state index in [0.29, 0.717) is 16.7 Å². The Morgan fingerprint density at radius 3 is 2.33 bits per heavy atom. The summed E-state index contributed by atoms with van der Waals surface area (Å²) in [4.78, 5) is 0. The van der Waals surface area contributed by atoms with Crippen molar-refractivity contribution in [2.75, 3.05) is 0 Å². The van der Waals surface area contributed by atoms with Gasteiger partial charge in [-0.05, 0) is 36.7 Å². The van der Waals surface area contributed by atoms with E-state index in [1.807, 2.05) is 6.92 Å². The zero-order valence-electron chi connectivity index (χ0n) is 12.6. The molecular formula is C15H27N3. The van der Waals surface area contributed by atoms with Crippen LogP contribution in [0.15, 0.2) is 6.07 Å². The molecule has 1 unspecified atom stereocenters. The number of rotatable bonds is 4. The van der Waals surface area contributed by atoms with Gasteiger partial charge < -0.3 is 5.73 Å². The third kappa shape index (κ3) is 1.89. The highest BCUT2D eigenvalue weighted by molar-refractivity contribution is 5.19. The normalized spacial score (nSPS) is 23.1. The molecule has 3 heteroatoms. The maximum absolute atomic E-state index is 6.45. The Morgan fingerprint density at radius 2 is 1.89 bits per heavy atom. The Morgan fingerprint density at radius 1 is 1.33 bits per heavy atom. The van der Waals surface area contributed by atoms with E-state index < -0.39 is 0 Å². The molecule has 3 nitrogen and oxygen atoms in total. The summed E-state index contributed by atoms with van der Waals surface area (Å²) in [7, 11) is 0. The molecule has 1 aliphatic rings. The quantitative estimate of drug-likeness (QED) is 0.891. The van der Waals surface area contributed by atoms with E-state index in [1.54, 1.807) is 0 Å². The lowest BCUT2D eigenvalue weighted by Crippen LogP contribution is -2.29. The fourth-order valence-electron chi connectivity index (χ4n) is 3.71. The first-order valence-electron chi connectivity index (χ1n) is 7.00. The summed E-state index contributed by atoms with van der Waals surface area (Å²) in [5, 5.41) is 4.50. The molecule has 1 atom stereocenters. The minimum atomic E-state index is 0.233. The molecule has 0 aliphatic heterocycles. The van der Waals surface area contributed by atoms with Crippen LogP contribution in [0.4, 0.5) is 0 Å². The maximum Gasteiger partial charge on any atom is 0.0596 e. The Bertz CT molecular complexity index is 429. The lowest BCUT2D eigenvalue weighted by molar-refractivity contribution is 0.457. The van der Waals surface area contributed by atoms with Gasteiger partial charge in [-0.25, -0.2) is 0 Å². The smallest absolute Gasteiger partial charge is 0.0596 e. The van der Waals surface area contributed by atoms with E-state index in [-0.39, 0.29) is 6.04 Å². The third-order valence-electron chi connectivity index (χ3n) is 5.29. The SMILES string of the molecule is CCn1nc(C)cc1CC(N)C1C(C)(C)C1(C)C. The standard InChI is InChI=1S/C15H27N3/c1-7-18-11(8-10(2)17-18)9-12(16)13-14(3,4)15(13,5)6/h8,12-13H,7,9,16H2,1-6H3. The van der Waals surface area contributed by atoms with E-state index in [2.05, 4.69) is 50.5 Å². The summed E-state index contributed by atoms with van der Waals surface area (Å²) in [6.07, 6.45) is 0.937. The molecule has 1 aromatic rings. The number of aromatic nitrogens is 2. The van der Waals surface area contributed by atoms with Crippen molar-refractivity contribution in [3.8, 4) is 0 Å². The Hall–Kier alpha value is -0.830. The van der Waals surface area contributed by atoms with Crippen molar-refractivity contribution in [2.24, 2.45) is 22.5 Å². The molecule has 2 rings (SSSR count). The summed E-state index contributed by atoms with van der Waals surface area (Å²) >= 11 is 0. The summed E-state index contributed by atoms with van der Waals surface area (Å²) in [5.74, 6) is 0.602. The predicted octanol–water partition coefficient (Wildman–Crippen LogP) is 2.76. The fraction of sp³-hybridized carbons (Fsp3) is 0.800. The van der Waals surface area contributed by atoms with Gasteiger partial charge in [-0.3, -0.25) is 4.68 Å². The van der Waals surface area contributed by atoms with Crippen LogP contribution in [-0.4, -0.2) is 15.8 Å². The topological polar surface area (TPSA) is 43.8 Å². The van der Waals surface area contributed by atoms with Gasteiger partial charge >= 0.3 is 0 Å². The van der Waals surface area contributed by atoms with Crippen molar-refractivity contribution in [2.45, 2.75) is 60.5 Å². The minimum Gasteiger partial charge on any atom is -0.327 e. The van der Waals surface area contributed by atoms with Crippen LogP contribution in [0.25, 0.3) is 0 Å². The fourth-order valence-corrected chi connectivity index (χ4v) is 3.71. The van der Waals surface area contributed by atoms with Crippen LogP contribution in [0.3, 0.4) is 0 Å². The number of hydrogen-bond donors (Lipinski definition) is 1. The highest BCUT2D eigenvalue weighted by Gasteiger charge is 2.66. The summed E-state index contributed by atoms with van der Waals surface area (Å²) in [6, 6.07) is 2.41. The number of nitrogens with zero attached hydrogens (tertiary/aromatic N) is 2. The highest BCUT2D eigenvalue weighted by Crippen LogP contribution is 2.69. The highest BCUT2D eigenvalue weighted by atomic mass is 15.3. The van der Waals surface area contributed by atoms with Gasteiger partial charge in [0.25, 0.3) is 0 Å². The molecule has 1 heterocycles. The first-order chi connectivity index (χ1) is 8.21. The molecule has 2 N–H and O–H groups in total. The molecule has 1 saturated carbocycles. The Balaban J connectivity index is 2.11. The zero-order valence-corrected chi connectivity index (χ0v) is 12.6. The van der Waals surface area contributed by atoms with Crippen LogP contribution in [0.1, 0.15) is 46.0 Å². The number of nitrogens with two attached hydrogens (primary N) is 1. The van der Waals surface area contributed by atoms with Crippen LogP contribution in [0.5, 0.6) is 0 Å². The molecule has 0 aromatic carbocycles. The average Bonchev–Trinajstić information content (AvgIpc) is 2.54. The van der Waals surface area contributed by atoms with Gasteiger partial charge in [-0.2, -0.15) is 5.10 Å². The second kappa shape index (κ2) is 4.09. The van der Waals surface area contributed by atoms with E-state index in [4.69, 9.17) is 5.73 Å². The van der Waals surface area contributed by atoms with Crippen molar-refractivity contribution in [3.05, 3.63) is 17.5 Å². The lowest BCUT2D eigenvalue weighted by Gasteiger charge is -2.14. The number of hydrogen-bond acceptors (Lipinski definition) is 2. The molecule has 1 fully saturated rings. The second-order valence-corrected chi connectivity index (χ2v) is 6.88. The molecule has 0 bridgehead atoms. The molecule has 1 aliphatic carbocycles. The molecule has 1 aromatic heterocycles. The third-order valence-corrected chi connectivity index (χ3v) is 5.29. The second-order valence-electron chi connectivity index (χ2n) is 6.88. The van der Waals surface area contributed by atoms with Gasteiger partial charge in [0.2, 0.25) is 0 Å². The maximum atomic E-state index is 6.45. The lowest BCUT2D eigenvalue weighted by atomic mass is 10.0. The van der Waals surface area contributed by atoms with Gasteiger partial charge in [0.15, 0.2) is 0 Å². The van der Waals surface area contributed by atoms with Crippen molar-refractivity contribution in [3.63, 3.8) is 0 Å². The molecule has 102 valence electrons. The van der Waals surface area contributed by atoms with E-state index in [9.17, 15) is 0 Å². The van der Waals surface area contributed by atoms with E-state index >= 15 is 0 Å². The average molecular weight is 249 g/mol. The van der Waals surface area contributed by atoms with Gasteiger partial charge in [-0.1, -0.05) is 27.7 Å². The van der Waals surface area contributed by atoms with Gasteiger partial charge in [-0.15, -0.1) is 0 Å². The first-order valence-corrected chi connectivity index (χ1v) is 7.00. The Kier molecular flexibility index (Phi) is 3.09. The van der Waals surface area contributed by atoms with Crippen LogP contribution in [0, 0.1) is 23.7 Å². The van der Waals surface area contributed by atoms with Crippen molar-refractivity contribution in [1.29, 1.82) is 0 Å². The zero-order chi connectivity index (χ0) is 13.7. The van der Waals surface area contributed by atoms with Gasteiger partial charge in [0, 0.05) is 24.7 Å². The largest absolute Gasteiger partial charge is 0.327 e. The molecule has 0 radical (unpaired) electrons. The van der Waals surface area contributed by atoms with E-state index in [0.717, 1.165) is 18.7 Å². The first kappa shape index (κ1) is 13.6. The predicted molar refractivity (Wildman–Crippen MR) is 75.4 cm³/mol. The van der Waals surface area contributed by atoms with Crippen LogP contribution in [-0.2, 0) is 13.0 Å². The van der Waals surface area contributed by atoms with Crippen molar-refractivity contribution >= 4 is 0 Å². The number of aryl methyl sites for hydroxylation is 2.